The highest BCUT2D eigenvalue weighted by Gasteiger charge is 2.28. The van der Waals surface area contributed by atoms with E-state index in [1.165, 1.54) is 0 Å². The lowest BCUT2D eigenvalue weighted by molar-refractivity contribution is 0.434. The van der Waals surface area contributed by atoms with Crippen molar-refractivity contribution in [3.63, 3.8) is 0 Å². The number of aromatic nitrogens is 5. The average molecular weight is 364 g/mol. The van der Waals surface area contributed by atoms with Crippen LogP contribution in [0, 0.1) is 0 Å². The molecule has 0 saturated heterocycles. The molecule has 3 rings (SSSR count). The fourth-order valence-electron chi connectivity index (χ4n) is 2.64. The lowest BCUT2D eigenvalue weighted by atomic mass is 9.87. The quantitative estimate of drug-likeness (QED) is 0.611. The van der Waals surface area contributed by atoms with Gasteiger partial charge >= 0.3 is 0 Å². The van der Waals surface area contributed by atoms with E-state index in [1.54, 1.807) is 6.20 Å². The van der Waals surface area contributed by atoms with E-state index < -0.39 is 0 Å². The highest BCUT2D eigenvalue weighted by molar-refractivity contribution is 5.59. The van der Waals surface area contributed by atoms with E-state index >= 15 is 0 Å². The highest BCUT2D eigenvalue weighted by Crippen LogP contribution is 2.30. The van der Waals surface area contributed by atoms with Crippen molar-refractivity contribution in [2.24, 2.45) is 0 Å². The Balaban J connectivity index is 2.16. The van der Waals surface area contributed by atoms with Crippen LogP contribution < -0.4 is 0 Å². The van der Waals surface area contributed by atoms with Crippen molar-refractivity contribution in [2.45, 2.75) is 65.2 Å². The van der Waals surface area contributed by atoms with Gasteiger partial charge in [0.1, 0.15) is 11.6 Å². The Hall–Kier alpha value is -2.56. The zero-order valence-corrected chi connectivity index (χ0v) is 17.2. The van der Waals surface area contributed by atoms with Crippen molar-refractivity contribution in [2.75, 3.05) is 0 Å². The van der Waals surface area contributed by atoms with Crippen LogP contribution in [0.1, 0.15) is 66.0 Å². The molecular weight excluding hydrogens is 334 g/mol. The van der Waals surface area contributed by atoms with E-state index in [4.69, 9.17) is 15.0 Å². The van der Waals surface area contributed by atoms with Gasteiger partial charge in [0.2, 0.25) is 0 Å². The molecule has 0 unspecified atom stereocenters. The molecule has 2 heterocycles. The van der Waals surface area contributed by atoms with Gasteiger partial charge in [-0.1, -0.05) is 53.7 Å². The normalized spacial score (nSPS) is 12.4. The smallest absolute Gasteiger partial charge is 0.163 e. The van der Waals surface area contributed by atoms with Crippen molar-refractivity contribution >= 4 is 0 Å². The molecule has 0 fully saturated rings. The molecule has 0 N–H and O–H groups in total. The van der Waals surface area contributed by atoms with Crippen LogP contribution in [-0.2, 0) is 10.8 Å². The summed E-state index contributed by atoms with van der Waals surface area (Å²) in [6, 6.07) is 10.1. The standard InChI is InChI=1S/C22H29N5/c1-7-21(3,4)19-24-18(25-20(26-19)22(5,6)8-2)16-11-9-12-17(15-16)27-14-10-13-23-27/h9-15H,7-8H2,1-6H3. The number of benzene rings is 1. The lowest BCUT2D eigenvalue weighted by Crippen LogP contribution is -2.26. The van der Waals surface area contributed by atoms with E-state index in [0.29, 0.717) is 0 Å². The third-order valence-corrected chi connectivity index (χ3v) is 5.49. The number of nitrogens with zero attached hydrogens (tertiary/aromatic N) is 5. The summed E-state index contributed by atoms with van der Waals surface area (Å²) in [5.74, 6) is 2.44. The third-order valence-electron chi connectivity index (χ3n) is 5.49. The summed E-state index contributed by atoms with van der Waals surface area (Å²) in [6.07, 6.45) is 5.65. The molecule has 0 aliphatic heterocycles. The Labute approximate surface area is 161 Å². The van der Waals surface area contributed by atoms with E-state index in [0.717, 1.165) is 41.6 Å². The summed E-state index contributed by atoms with van der Waals surface area (Å²) >= 11 is 0. The molecular formula is C22H29N5. The number of hydrogen-bond donors (Lipinski definition) is 0. The molecule has 5 nitrogen and oxygen atoms in total. The maximum absolute atomic E-state index is 4.88. The fourth-order valence-corrected chi connectivity index (χ4v) is 2.64. The first-order chi connectivity index (χ1) is 12.8. The molecule has 0 aliphatic rings. The lowest BCUT2D eigenvalue weighted by Gasteiger charge is -2.26. The largest absolute Gasteiger partial charge is 0.241 e. The summed E-state index contributed by atoms with van der Waals surface area (Å²) in [7, 11) is 0. The monoisotopic (exact) mass is 363 g/mol. The summed E-state index contributed by atoms with van der Waals surface area (Å²) in [4.78, 5) is 14.6. The first-order valence-electron chi connectivity index (χ1n) is 9.64. The number of hydrogen-bond acceptors (Lipinski definition) is 4. The summed E-state index contributed by atoms with van der Waals surface area (Å²) in [5.41, 5.74) is 1.77. The van der Waals surface area contributed by atoms with Crippen molar-refractivity contribution in [1.82, 2.24) is 24.7 Å². The minimum absolute atomic E-state index is 0.101. The van der Waals surface area contributed by atoms with Crippen LogP contribution in [0.4, 0.5) is 0 Å². The highest BCUT2D eigenvalue weighted by atomic mass is 15.3. The fraction of sp³-hybridized carbons (Fsp3) is 0.455. The van der Waals surface area contributed by atoms with Gasteiger partial charge in [-0.05, 0) is 31.0 Å². The Morgan fingerprint density at radius 3 is 2.00 bits per heavy atom. The predicted octanol–water partition coefficient (Wildman–Crippen LogP) is 5.10. The topological polar surface area (TPSA) is 56.5 Å². The Morgan fingerprint density at radius 2 is 1.48 bits per heavy atom. The Kier molecular flexibility index (Phi) is 5.13. The molecule has 27 heavy (non-hydrogen) atoms. The van der Waals surface area contributed by atoms with Gasteiger partial charge in [-0.3, -0.25) is 0 Å². The molecule has 0 atom stereocenters. The second kappa shape index (κ2) is 7.22. The van der Waals surface area contributed by atoms with E-state index in [2.05, 4.69) is 52.7 Å². The predicted molar refractivity (Wildman–Crippen MR) is 109 cm³/mol. The maximum Gasteiger partial charge on any atom is 0.163 e. The molecule has 0 radical (unpaired) electrons. The van der Waals surface area contributed by atoms with E-state index in [9.17, 15) is 0 Å². The molecule has 0 bridgehead atoms. The molecule has 0 spiro atoms. The number of rotatable bonds is 6. The summed E-state index contributed by atoms with van der Waals surface area (Å²) in [5, 5.41) is 4.32. The first-order valence-corrected chi connectivity index (χ1v) is 9.64. The van der Waals surface area contributed by atoms with Crippen LogP contribution in [0.15, 0.2) is 42.7 Å². The zero-order chi connectivity index (χ0) is 19.7. The van der Waals surface area contributed by atoms with Crippen molar-refractivity contribution in [3.05, 3.63) is 54.4 Å². The van der Waals surface area contributed by atoms with E-state index in [1.807, 2.05) is 35.1 Å². The summed E-state index contributed by atoms with van der Waals surface area (Å²) in [6.45, 7) is 13.1. The third kappa shape index (κ3) is 3.92. The second-order valence-electron chi connectivity index (χ2n) is 8.28. The van der Waals surface area contributed by atoms with Gasteiger partial charge in [0.15, 0.2) is 5.82 Å². The zero-order valence-electron chi connectivity index (χ0n) is 17.2. The first kappa shape index (κ1) is 19.2. The van der Waals surface area contributed by atoms with Gasteiger partial charge in [-0.2, -0.15) is 5.10 Å². The van der Waals surface area contributed by atoms with Gasteiger partial charge in [-0.15, -0.1) is 0 Å². The van der Waals surface area contributed by atoms with Crippen LogP contribution in [-0.4, -0.2) is 24.7 Å². The van der Waals surface area contributed by atoms with E-state index in [-0.39, 0.29) is 10.8 Å². The van der Waals surface area contributed by atoms with Crippen LogP contribution in [0.5, 0.6) is 0 Å². The van der Waals surface area contributed by atoms with Crippen LogP contribution in [0.3, 0.4) is 0 Å². The molecule has 1 aromatic carbocycles. The molecule has 0 amide bonds. The maximum atomic E-state index is 4.88. The van der Waals surface area contributed by atoms with Gasteiger partial charge < -0.3 is 0 Å². The second-order valence-corrected chi connectivity index (χ2v) is 8.28. The molecule has 0 saturated carbocycles. The molecule has 0 aliphatic carbocycles. The molecule has 5 heteroatoms. The van der Waals surface area contributed by atoms with Crippen molar-refractivity contribution < 1.29 is 0 Å². The molecule has 2 aromatic heterocycles. The Bertz CT molecular complexity index is 876. The minimum atomic E-state index is -0.101. The molecule has 3 aromatic rings. The minimum Gasteiger partial charge on any atom is -0.241 e. The summed E-state index contributed by atoms with van der Waals surface area (Å²) < 4.78 is 1.85. The molecule has 142 valence electrons. The SMILES string of the molecule is CCC(C)(C)c1nc(-c2cccc(-n3cccn3)c2)nc(C(C)(C)CC)n1. The van der Waals surface area contributed by atoms with Crippen LogP contribution >= 0.6 is 0 Å². The van der Waals surface area contributed by atoms with Crippen LogP contribution in [0.25, 0.3) is 17.1 Å². The van der Waals surface area contributed by atoms with Gasteiger partial charge in [0.05, 0.1) is 5.69 Å². The van der Waals surface area contributed by atoms with Gasteiger partial charge in [-0.25, -0.2) is 19.6 Å². The van der Waals surface area contributed by atoms with Gasteiger partial charge in [0.25, 0.3) is 0 Å². The average Bonchev–Trinajstić information content (AvgIpc) is 3.22. The van der Waals surface area contributed by atoms with Crippen LogP contribution in [0.2, 0.25) is 0 Å². The van der Waals surface area contributed by atoms with Crippen molar-refractivity contribution in [3.8, 4) is 17.1 Å². The Morgan fingerprint density at radius 1 is 0.852 bits per heavy atom. The van der Waals surface area contributed by atoms with Gasteiger partial charge in [0, 0.05) is 28.8 Å². The van der Waals surface area contributed by atoms with Crippen molar-refractivity contribution in [1.29, 1.82) is 0 Å².